The Morgan fingerprint density at radius 1 is 0.286 bits per heavy atom. The van der Waals surface area contributed by atoms with E-state index in [4.69, 9.17) is 0 Å². The average Bonchev–Trinajstić information content (AvgIpc) is 3.25. The number of rotatable bonds is 8. The predicted molar refractivity (Wildman–Crippen MR) is 240 cm³/mol. The van der Waals surface area contributed by atoms with E-state index in [2.05, 4.69) is 243 Å². The lowest BCUT2D eigenvalue weighted by Crippen LogP contribution is -2.11. The minimum atomic E-state index is -0.00697. The number of anilines is 6. The van der Waals surface area contributed by atoms with Crippen LogP contribution in [0.15, 0.2) is 212 Å². The van der Waals surface area contributed by atoms with Crippen LogP contribution in [0, 0.1) is 0 Å². The van der Waals surface area contributed by atoms with Gasteiger partial charge < -0.3 is 9.80 Å². The van der Waals surface area contributed by atoms with Crippen molar-refractivity contribution in [3.63, 3.8) is 0 Å². The Kier molecular flexibility index (Phi) is 9.17. The quantitative estimate of drug-likeness (QED) is 0.144. The second-order valence-corrected chi connectivity index (χ2v) is 15.4. The van der Waals surface area contributed by atoms with Crippen molar-refractivity contribution in [1.29, 1.82) is 0 Å². The van der Waals surface area contributed by atoms with E-state index in [9.17, 15) is 0 Å². The third-order valence-electron chi connectivity index (χ3n) is 10.8. The zero-order chi connectivity index (χ0) is 38.1. The van der Waals surface area contributed by atoms with Gasteiger partial charge in [0.15, 0.2) is 0 Å². The SMILES string of the molecule is CC(C)(C)c1ccc2c(-c3ccc(N(c4ccccc4)c4ccccc4)cc3)c3ccccc3c(-c3ccc(N(c4ccccc4)c4ccccc4)cc3)c2c1. The molecule has 0 unspecified atom stereocenters. The number of benzene rings is 9. The molecule has 56 heavy (non-hydrogen) atoms. The molecule has 0 aliphatic carbocycles. The van der Waals surface area contributed by atoms with Crippen LogP contribution in [0.4, 0.5) is 34.1 Å². The van der Waals surface area contributed by atoms with Gasteiger partial charge in [-0.1, -0.05) is 154 Å². The summed E-state index contributed by atoms with van der Waals surface area (Å²) >= 11 is 0. The first-order valence-corrected chi connectivity index (χ1v) is 19.4. The van der Waals surface area contributed by atoms with Crippen LogP contribution in [0.3, 0.4) is 0 Å². The lowest BCUT2D eigenvalue weighted by molar-refractivity contribution is 0.591. The van der Waals surface area contributed by atoms with Crippen molar-refractivity contribution >= 4 is 55.7 Å². The van der Waals surface area contributed by atoms with Crippen molar-refractivity contribution in [2.24, 2.45) is 0 Å². The number of hydrogen-bond donors (Lipinski definition) is 0. The smallest absolute Gasteiger partial charge is 0.0462 e. The third-order valence-corrected chi connectivity index (χ3v) is 10.8. The number of nitrogens with zero attached hydrogens (tertiary/aromatic N) is 2. The minimum Gasteiger partial charge on any atom is -0.311 e. The Bertz CT molecular complexity index is 2650. The molecule has 0 saturated carbocycles. The van der Waals surface area contributed by atoms with E-state index in [1.807, 2.05) is 0 Å². The highest BCUT2D eigenvalue weighted by molar-refractivity contribution is 6.21. The summed E-state index contributed by atoms with van der Waals surface area (Å²) < 4.78 is 0. The van der Waals surface area contributed by atoms with Crippen LogP contribution in [0.1, 0.15) is 26.3 Å². The highest BCUT2D eigenvalue weighted by Gasteiger charge is 2.22. The number of fused-ring (bicyclic) bond motifs is 2. The van der Waals surface area contributed by atoms with Crippen molar-refractivity contribution < 1.29 is 0 Å². The van der Waals surface area contributed by atoms with E-state index in [-0.39, 0.29) is 5.41 Å². The predicted octanol–water partition coefficient (Wildman–Crippen LogP) is 15.6. The second kappa shape index (κ2) is 14.7. The van der Waals surface area contributed by atoms with E-state index in [0.717, 1.165) is 34.1 Å². The van der Waals surface area contributed by atoms with Gasteiger partial charge >= 0.3 is 0 Å². The zero-order valence-electron chi connectivity index (χ0n) is 32.1. The Hall–Kier alpha value is -6.90. The maximum Gasteiger partial charge on any atom is 0.0462 e. The van der Waals surface area contributed by atoms with E-state index in [1.54, 1.807) is 0 Å². The fourth-order valence-corrected chi connectivity index (χ4v) is 8.02. The summed E-state index contributed by atoms with van der Waals surface area (Å²) in [6.45, 7) is 6.91. The van der Waals surface area contributed by atoms with Crippen LogP contribution in [-0.4, -0.2) is 0 Å². The van der Waals surface area contributed by atoms with Gasteiger partial charge in [0, 0.05) is 34.1 Å². The fourth-order valence-electron chi connectivity index (χ4n) is 8.02. The topological polar surface area (TPSA) is 6.48 Å². The Morgan fingerprint density at radius 2 is 0.589 bits per heavy atom. The van der Waals surface area contributed by atoms with E-state index < -0.39 is 0 Å². The van der Waals surface area contributed by atoms with E-state index in [1.165, 1.54) is 49.4 Å². The first kappa shape index (κ1) is 34.8. The molecule has 0 aliphatic rings. The van der Waals surface area contributed by atoms with Crippen LogP contribution >= 0.6 is 0 Å². The van der Waals surface area contributed by atoms with Crippen LogP contribution in [0.5, 0.6) is 0 Å². The molecule has 0 spiro atoms. The van der Waals surface area contributed by atoms with Gasteiger partial charge in [-0.15, -0.1) is 0 Å². The molecule has 0 aromatic heterocycles. The normalized spacial score (nSPS) is 11.5. The van der Waals surface area contributed by atoms with Crippen LogP contribution in [0.2, 0.25) is 0 Å². The lowest BCUT2D eigenvalue weighted by Gasteiger charge is -2.26. The Balaban J connectivity index is 1.21. The molecule has 9 aromatic carbocycles. The molecule has 0 heterocycles. The summed E-state index contributed by atoms with van der Waals surface area (Å²) in [5, 5.41) is 5.01. The molecule has 9 aromatic rings. The maximum absolute atomic E-state index is 2.44. The standard InChI is InChI=1S/C54H44N2/c1-54(2,3)41-32-37-50-51(38-41)53(40-30-35-47(36-31-40)56(44-22-12-6-13-23-44)45-24-14-7-15-25-45)49-27-17-16-26-48(49)52(50)39-28-33-46(34-29-39)55(42-18-8-4-9-19-42)43-20-10-5-11-21-43/h4-38H,1-3H3. The van der Waals surface area contributed by atoms with Crippen molar-refractivity contribution in [2.75, 3.05) is 9.80 Å². The molecule has 0 atom stereocenters. The number of para-hydroxylation sites is 4. The summed E-state index contributed by atoms with van der Waals surface area (Å²) in [7, 11) is 0. The largest absolute Gasteiger partial charge is 0.311 e. The van der Waals surface area contributed by atoms with Gasteiger partial charge in [-0.05, 0) is 134 Å². The zero-order valence-corrected chi connectivity index (χ0v) is 32.1. The van der Waals surface area contributed by atoms with Gasteiger partial charge in [0.1, 0.15) is 0 Å². The van der Waals surface area contributed by atoms with Crippen LogP contribution in [-0.2, 0) is 5.41 Å². The van der Waals surface area contributed by atoms with Gasteiger partial charge in [-0.25, -0.2) is 0 Å². The Morgan fingerprint density at radius 3 is 0.946 bits per heavy atom. The fraction of sp³-hybridized carbons (Fsp3) is 0.0741. The summed E-state index contributed by atoms with van der Waals surface area (Å²) in [4.78, 5) is 4.64. The molecule has 0 amide bonds. The lowest BCUT2D eigenvalue weighted by atomic mass is 9.81. The summed E-state index contributed by atoms with van der Waals surface area (Å²) in [6, 6.07) is 76.7. The molecule has 0 N–H and O–H groups in total. The van der Waals surface area contributed by atoms with Gasteiger partial charge in [0.2, 0.25) is 0 Å². The summed E-state index contributed by atoms with van der Waals surface area (Å²) in [5.74, 6) is 0. The molecule has 0 radical (unpaired) electrons. The average molecular weight is 721 g/mol. The molecular weight excluding hydrogens is 677 g/mol. The van der Waals surface area contributed by atoms with Crippen molar-refractivity contribution in [3.05, 3.63) is 218 Å². The van der Waals surface area contributed by atoms with Gasteiger partial charge in [-0.2, -0.15) is 0 Å². The first-order valence-electron chi connectivity index (χ1n) is 19.4. The molecule has 2 heteroatoms. The molecule has 270 valence electrons. The molecule has 0 fully saturated rings. The van der Waals surface area contributed by atoms with Gasteiger partial charge in [0.25, 0.3) is 0 Å². The highest BCUT2D eigenvalue weighted by atomic mass is 15.1. The first-order chi connectivity index (χ1) is 27.4. The summed E-state index contributed by atoms with van der Waals surface area (Å²) in [6.07, 6.45) is 0. The molecule has 9 rings (SSSR count). The molecule has 0 bridgehead atoms. The molecule has 0 saturated heterocycles. The molecule has 2 nitrogen and oxygen atoms in total. The minimum absolute atomic E-state index is 0.00697. The second-order valence-electron chi connectivity index (χ2n) is 15.4. The summed E-state index contributed by atoms with van der Waals surface area (Å²) in [5.41, 5.74) is 13.0. The monoisotopic (exact) mass is 720 g/mol. The molecule has 0 aliphatic heterocycles. The van der Waals surface area contributed by atoms with Crippen LogP contribution < -0.4 is 9.80 Å². The third kappa shape index (κ3) is 6.61. The highest BCUT2D eigenvalue weighted by Crippen LogP contribution is 2.46. The maximum atomic E-state index is 2.44. The van der Waals surface area contributed by atoms with Crippen molar-refractivity contribution in [1.82, 2.24) is 0 Å². The van der Waals surface area contributed by atoms with Crippen LogP contribution in [0.25, 0.3) is 43.8 Å². The van der Waals surface area contributed by atoms with E-state index in [0.29, 0.717) is 0 Å². The van der Waals surface area contributed by atoms with Gasteiger partial charge in [-0.3, -0.25) is 0 Å². The van der Waals surface area contributed by atoms with E-state index >= 15 is 0 Å². The molecular formula is C54H44N2. The van der Waals surface area contributed by atoms with Gasteiger partial charge in [0.05, 0.1) is 0 Å². The number of hydrogen-bond acceptors (Lipinski definition) is 2. The Labute approximate surface area is 330 Å². The van der Waals surface area contributed by atoms with Crippen molar-refractivity contribution in [3.8, 4) is 22.3 Å². The van der Waals surface area contributed by atoms with Crippen molar-refractivity contribution in [2.45, 2.75) is 26.2 Å².